The monoisotopic (exact) mass is 624 g/mol. The number of hydrogen-bond donors (Lipinski definition) is 1. The van der Waals surface area contributed by atoms with Crippen molar-refractivity contribution in [3.63, 3.8) is 0 Å². The zero-order valence-corrected chi connectivity index (χ0v) is 19.6. The average Bonchev–Trinajstić information content (AvgIpc) is 2.60. The standard InChI is InChI=1S/C18H11ClI2N2O3S/c1-26-15-13(20)7-9(8-14(15)21)6-12-16(24)22-18(27)23(17(12)25)11-4-2-10(19)3-5-11/h2-8H,1H3,(H,22,24,27)/b12-6+. The van der Waals surface area contributed by atoms with Crippen LogP contribution in [0.25, 0.3) is 6.08 Å². The maximum absolute atomic E-state index is 13.0. The van der Waals surface area contributed by atoms with Crippen LogP contribution in [0.1, 0.15) is 5.56 Å². The molecule has 2 amide bonds. The third-order valence-electron chi connectivity index (χ3n) is 3.72. The number of rotatable bonds is 3. The number of anilines is 1. The summed E-state index contributed by atoms with van der Waals surface area (Å²) < 4.78 is 7.10. The van der Waals surface area contributed by atoms with Crippen LogP contribution in [0, 0.1) is 7.14 Å². The number of benzene rings is 2. The largest absolute Gasteiger partial charge is 0.495 e. The summed E-state index contributed by atoms with van der Waals surface area (Å²) in [6.07, 6.45) is 1.55. The Bertz CT molecular complexity index is 970. The quantitative estimate of drug-likeness (QED) is 0.238. The van der Waals surface area contributed by atoms with Crippen LogP contribution >= 0.6 is 69.0 Å². The van der Waals surface area contributed by atoms with Crippen LogP contribution in [0.3, 0.4) is 0 Å². The van der Waals surface area contributed by atoms with Gasteiger partial charge >= 0.3 is 0 Å². The van der Waals surface area contributed by atoms with Crippen molar-refractivity contribution in [2.45, 2.75) is 0 Å². The fourth-order valence-electron chi connectivity index (χ4n) is 2.51. The maximum Gasteiger partial charge on any atom is 0.270 e. The molecule has 0 saturated carbocycles. The molecule has 0 unspecified atom stereocenters. The molecule has 138 valence electrons. The van der Waals surface area contributed by atoms with Gasteiger partial charge in [-0.05, 0) is 105 Å². The number of methoxy groups -OCH3 is 1. The number of carbonyl (C=O) groups is 2. The number of thiocarbonyl (C=S) groups is 1. The van der Waals surface area contributed by atoms with E-state index in [1.807, 2.05) is 12.1 Å². The van der Waals surface area contributed by atoms with Gasteiger partial charge in [-0.3, -0.25) is 19.8 Å². The van der Waals surface area contributed by atoms with E-state index in [1.165, 1.54) is 4.90 Å². The molecule has 1 fully saturated rings. The molecule has 0 aromatic heterocycles. The van der Waals surface area contributed by atoms with Gasteiger partial charge in [0, 0.05) is 5.02 Å². The average molecular weight is 625 g/mol. The summed E-state index contributed by atoms with van der Waals surface area (Å²) in [5.41, 5.74) is 1.24. The Labute approximate surface area is 193 Å². The summed E-state index contributed by atoms with van der Waals surface area (Å²) in [7, 11) is 1.60. The highest BCUT2D eigenvalue weighted by molar-refractivity contribution is 14.1. The SMILES string of the molecule is COc1c(I)cc(/C=C2\C(=O)NC(=S)N(c3ccc(Cl)cc3)C2=O)cc1I. The third kappa shape index (κ3) is 4.28. The first kappa shape index (κ1) is 20.5. The molecule has 1 aliphatic heterocycles. The van der Waals surface area contributed by atoms with Crippen molar-refractivity contribution in [2.24, 2.45) is 0 Å². The van der Waals surface area contributed by atoms with Crippen LogP contribution in [-0.4, -0.2) is 24.0 Å². The highest BCUT2D eigenvalue weighted by atomic mass is 127. The van der Waals surface area contributed by atoms with Crippen molar-refractivity contribution in [2.75, 3.05) is 12.0 Å². The first-order valence-electron chi connectivity index (χ1n) is 7.52. The van der Waals surface area contributed by atoms with Crippen LogP contribution in [0.15, 0.2) is 42.0 Å². The maximum atomic E-state index is 13.0. The highest BCUT2D eigenvalue weighted by Crippen LogP contribution is 2.30. The van der Waals surface area contributed by atoms with Gasteiger partial charge in [-0.25, -0.2) is 0 Å². The minimum atomic E-state index is -0.531. The molecular formula is C18H11ClI2N2O3S. The Morgan fingerprint density at radius 2 is 1.74 bits per heavy atom. The lowest BCUT2D eigenvalue weighted by molar-refractivity contribution is -0.122. The Morgan fingerprint density at radius 1 is 1.15 bits per heavy atom. The van der Waals surface area contributed by atoms with E-state index < -0.39 is 11.8 Å². The molecule has 3 rings (SSSR count). The summed E-state index contributed by atoms with van der Waals surface area (Å²) >= 11 is 15.4. The van der Waals surface area contributed by atoms with Gasteiger partial charge in [0.1, 0.15) is 11.3 Å². The van der Waals surface area contributed by atoms with E-state index in [2.05, 4.69) is 50.5 Å². The summed E-state index contributed by atoms with van der Waals surface area (Å²) in [4.78, 5) is 26.6. The van der Waals surface area contributed by atoms with Crippen LogP contribution in [0.2, 0.25) is 5.02 Å². The second-order valence-electron chi connectivity index (χ2n) is 5.45. The summed E-state index contributed by atoms with van der Waals surface area (Å²) in [5.74, 6) is -0.273. The molecule has 0 aliphatic carbocycles. The smallest absolute Gasteiger partial charge is 0.270 e. The second-order valence-corrected chi connectivity index (χ2v) is 8.60. The second kappa shape index (κ2) is 8.41. The summed E-state index contributed by atoms with van der Waals surface area (Å²) in [6, 6.07) is 10.3. The fourth-order valence-corrected chi connectivity index (χ4v) is 5.17. The van der Waals surface area contributed by atoms with Crippen molar-refractivity contribution < 1.29 is 14.3 Å². The molecule has 1 heterocycles. The number of halogens is 3. The van der Waals surface area contributed by atoms with Crippen molar-refractivity contribution >= 4 is 97.7 Å². The van der Waals surface area contributed by atoms with Gasteiger partial charge in [-0.15, -0.1) is 0 Å². The van der Waals surface area contributed by atoms with Gasteiger partial charge in [0.15, 0.2) is 5.11 Å². The number of hydrogen-bond acceptors (Lipinski definition) is 4. The molecule has 1 saturated heterocycles. The van der Waals surface area contributed by atoms with E-state index in [1.54, 1.807) is 37.5 Å². The van der Waals surface area contributed by atoms with Gasteiger partial charge in [-0.2, -0.15) is 0 Å². The van der Waals surface area contributed by atoms with E-state index in [4.69, 9.17) is 28.6 Å². The van der Waals surface area contributed by atoms with Crippen LogP contribution in [-0.2, 0) is 9.59 Å². The molecule has 0 spiro atoms. The van der Waals surface area contributed by atoms with E-state index in [9.17, 15) is 9.59 Å². The number of nitrogens with zero attached hydrogens (tertiary/aromatic N) is 1. The van der Waals surface area contributed by atoms with Gasteiger partial charge in [-0.1, -0.05) is 11.6 Å². The highest BCUT2D eigenvalue weighted by Gasteiger charge is 2.34. The van der Waals surface area contributed by atoms with Crippen molar-refractivity contribution in [3.05, 3.63) is 59.7 Å². The Hall–Kier alpha value is -1.24. The lowest BCUT2D eigenvalue weighted by Crippen LogP contribution is -2.54. The van der Waals surface area contributed by atoms with E-state index >= 15 is 0 Å². The molecule has 2 aromatic carbocycles. The van der Waals surface area contributed by atoms with E-state index in [0.717, 1.165) is 12.9 Å². The molecule has 0 radical (unpaired) electrons. The molecule has 27 heavy (non-hydrogen) atoms. The van der Waals surface area contributed by atoms with E-state index in [-0.39, 0.29) is 10.7 Å². The molecule has 9 heteroatoms. The molecule has 5 nitrogen and oxygen atoms in total. The predicted octanol–water partition coefficient (Wildman–Crippen LogP) is 4.39. The van der Waals surface area contributed by atoms with Gasteiger partial charge in [0.2, 0.25) is 0 Å². The summed E-state index contributed by atoms with van der Waals surface area (Å²) in [6.45, 7) is 0. The van der Waals surface area contributed by atoms with Crippen LogP contribution in [0.5, 0.6) is 5.75 Å². The minimum absolute atomic E-state index is 0.00434. The molecule has 0 bridgehead atoms. The number of carbonyl (C=O) groups excluding carboxylic acids is 2. The molecule has 1 aliphatic rings. The summed E-state index contributed by atoms with van der Waals surface area (Å²) in [5, 5.41) is 3.13. The van der Waals surface area contributed by atoms with Gasteiger partial charge < -0.3 is 4.74 Å². The zero-order valence-electron chi connectivity index (χ0n) is 13.8. The van der Waals surface area contributed by atoms with Crippen molar-refractivity contribution in [3.8, 4) is 5.75 Å². The number of amides is 2. The Kier molecular flexibility index (Phi) is 6.39. The molecule has 0 atom stereocenters. The predicted molar refractivity (Wildman–Crippen MR) is 126 cm³/mol. The van der Waals surface area contributed by atoms with Crippen LogP contribution < -0.4 is 15.0 Å². The minimum Gasteiger partial charge on any atom is -0.495 e. The third-order valence-corrected chi connectivity index (χ3v) is 5.86. The van der Waals surface area contributed by atoms with Gasteiger partial charge in [0.05, 0.1) is 19.9 Å². The fraction of sp³-hybridized carbons (Fsp3) is 0.0556. The number of ether oxygens (including phenoxy) is 1. The van der Waals surface area contributed by atoms with Crippen molar-refractivity contribution in [1.82, 2.24) is 5.32 Å². The first-order valence-corrected chi connectivity index (χ1v) is 10.5. The lowest BCUT2D eigenvalue weighted by Gasteiger charge is -2.29. The topological polar surface area (TPSA) is 58.6 Å². The Balaban J connectivity index is 2.03. The molecule has 1 N–H and O–H groups in total. The van der Waals surface area contributed by atoms with Gasteiger partial charge in [0.25, 0.3) is 11.8 Å². The number of nitrogens with one attached hydrogen (secondary N) is 1. The van der Waals surface area contributed by atoms with Crippen molar-refractivity contribution in [1.29, 1.82) is 0 Å². The first-order chi connectivity index (χ1) is 12.8. The normalized spacial score (nSPS) is 15.9. The molecular weight excluding hydrogens is 614 g/mol. The Morgan fingerprint density at radius 3 is 2.30 bits per heavy atom. The zero-order chi connectivity index (χ0) is 19.7. The lowest BCUT2D eigenvalue weighted by atomic mass is 10.1. The van der Waals surface area contributed by atoms with E-state index in [0.29, 0.717) is 16.3 Å². The van der Waals surface area contributed by atoms with Crippen LogP contribution in [0.4, 0.5) is 5.69 Å². The molecule has 2 aromatic rings.